The van der Waals surface area contributed by atoms with Gasteiger partial charge in [0.1, 0.15) is 0 Å². The summed E-state index contributed by atoms with van der Waals surface area (Å²) < 4.78 is 0. The second kappa shape index (κ2) is 4.34. The van der Waals surface area contributed by atoms with E-state index in [9.17, 15) is 4.79 Å². The van der Waals surface area contributed by atoms with Gasteiger partial charge in [0.15, 0.2) is 0 Å². The van der Waals surface area contributed by atoms with Crippen LogP contribution in [0.15, 0.2) is 0 Å². The van der Waals surface area contributed by atoms with E-state index in [2.05, 4.69) is 23.6 Å². The maximum Gasteiger partial charge on any atom is 0.239 e. The van der Waals surface area contributed by atoms with Gasteiger partial charge in [-0.05, 0) is 33.6 Å². The molecule has 2 heterocycles. The van der Waals surface area contributed by atoms with Crippen LogP contribution in [0.2, 0.25) is 0 Å². The number of hydrogen-bond donors (Lipinski definition) is 1. The molecule has 0 spiro atoms. The largest absolute Gasteiger partial charge is 0.333 e. The molecule has 2 unspecified atom stereocenters. The van der Waals surface area contributed by atoms with Crippen LogP contribution >= 0.6 is 0 Å². The third-order valence-electron chi connectivity index (χ3n) is 3.88. The molecule has 4 heteroatoms. The Morgan fingerprint density at radius 1 is 1.19 bits per heavy atom. The first-order valence-electron chi connectivity index (χ1n) is 6.32. The monoisotopic (exact) mass is 225 g/mol. The summed E-state index contributed by atoms with van der Waals surface area (Å²) in [5.41, 5.74) is 5.71. The first kappa shape index (κ1) is 11.9. The number of nitrogens with zero attached hydrogens (tertiary/aromatic N) is 2. The fourth-order valence-electron chi connectivity index (χ4n) is 2.95. The summed E-state index contributed by atoms with van der Waals surface area (Å²) in [6.45, 7) is 8.28. The van der Waals surface area contributed by atoms with Gasteiger partial charge in [0.05, 0.1) is 6.04 Å². The second-order valence-corrected chi connectivity index (χ2v) is 5.47. The number of carbonyl (C=O) groups excluding carboxylic acids is 1. The molecule has 0 aromatic carbocycles. The highest BCUT2D eigenvalue weighted by atomic mass is 16.2. The normalized spacial score (nSPS) is 32.2. The molecule has 1 amide bonds. The Balaban J connectivity index is 2.08. The van der Waals surface area contributed by atoms with Crippen molar-refractivity contribution in [2.24, 2.45) is 5.73 Å². The summed E-state index contributed by atoms with van der Waals surface area (Å²) in [4.78, 5) is 16.6. The maximum absolute atomic E-state index is 12.0. The van der Waals surface area contributed by atoms with Crippen LogP contribution in [0.5, 0.6) is 0 Å². The van der Waals surface area contributed by atoms with Crippen LogP contribution in [-0.2, 0) is 4.79 Å². The molecular weight excluding hydrogens is 202 g/mol. The molecule has 2 bridgehead atoms. The Morgan fingerprint density at radius 2 is 1.69 bits per heavy atom. The van der Waals surface area contributed by atoms with Crippen molar-refractivity contribution >= 4 is 5.91 Å². The van der Waals surface area contributed by atoms with Gasteiger partial charge in [0, 0.05) is 31.2 Å². The lowest BCUT2D eigenvalue weighted by Crippen LogP contribution is -2.59. The summed E-state index contributed by atoms with van der Waals surface area (Å²) in [6, 6.07) is 1.03. The number of fused-ring (bicyclic) bond motifs is 2. The van der Waals surface area contributed by atoms with Gasteiger partial charge in [0.25, 0.3) is 0 Å². The summed E-state index contributed by atoms with van der Waals surface area (Å²) in [5, 5.41) is 0. The summed E-state index contributed by atoms with van der Waals surface area (Å²) in [6.07, 6.45) is 2.29. The van der Waals surface area contributed by atoms with Gasteiger partial charge in [-0.15, -0.1) is 0 Å². The van der Waals surface area contributed by atoms with Crippen LogP contribution in [0.4, 0.5) is 0 Å². The van der Waals surface area contributed by atoms with Crippen molar-refractivity contribution < 1.29 is 4.79 Å². The van der Waals surface area contributed by atoms with E-state index in [0.29, 0.717) is 18.1 Å². The number of nitrogens with two attached hydrogens (primary N) is 1. The van der Waals surface area contributed by atoms with Gasteiger partial charge >= 0.3 is 0 Å². The van der Waals surface area contributed by atoms with E-state index >= 15 is 0 Å². The molecule has 3 atom stereocenters. The Bertz CT molecular complexity index is 263. The molecule has 0 aliphatic carbocycles. The molecule has 2 rings (SSSR count). The lowest BCUT2D eigenvalue weighted by Gasteiger charge is -2.43. The highest BCUT2D eigenvalue weighted by Crippen LogP contribution is 2.31. The number of amides is 1. The molecule has 0 aromatic rings. The molecule has 4 nitrogen and oxygen atoms in total. The summed E-state index contributed by atoms with van der Waals surface area (Å²) in [7, 11) is 0. The Kier molecular flexibility index (Phi) is 3.22. The van der Waals surface area contributed by atoms with Crippen LogP contribution in [0.3, 0.4) is 0 Å². The van der Waals surface area contributed by atoms with E-state index in [4.69, 9.17) is 5.73 Å². The number of carbonyl (C=O) groups is 1. The Labute approximate surface area is 97.8 Å². The van der Waals surface area contributed by atoms with Crippen LogP contribution < -0.4 is 5.73 Å². The first-order chi connectivity index (χ1) is 7.50. The number of piperazine rings is 1. The highest BCUT2D eigenvalue weighted by Gasteiger charge is 2.43. The minimum Gasteiger partial charge on any atom is -0.333 e. The minimum absolute atomic E-state index is 0.135. The predicted octanol–water partition coefficient (Wildman–Crippen LogP) is 0.417. The lowest BCUT2D eigenvalue weighted by molar-refractivity contribution is -0.138. The SMILES string of the molecule is CC(C)N1CC2CCC(C1)N2C(=O)[C@H](C)N. The van der Waals surface area contributed by atoms with E-state index < -0.39 is 0 Å². The molecule has 2 saturated heterocycles. The van der Waals surface area contributed by atoms with Crippen LogP contribution in [0.25, 0.3) is 0 Å². The Morgan fingerprint density at radius 3 is 2.06 bits per heavy atom. The smallest absolute Gasteiger partial charge is 0.239 e. The quantitative estimate of drug-likeness (QED) is 0.741. The zero-order valence-electron chi connectivity index (χ0n) is 10.5. The number of likely N-dealkylation sites (tertiary alicyclic amines) is 1. The van der Waals surface area contributed by atoms with Crippen molar-refractivity contribution in [3.05, 3.63) is 0 Å². The fraction of sp³-hybridized carbons (Fsp3) is 0.917. The van der Waals surface area contributed by atoms with Gasteiger partial charge in [-0.3, -0.25) is 9.69 Å². The minimum atomic E-state index is -0.353. The standard InChI is InChI=1S/C12H23N3O/c1-8(2)14-6-10-4-5-11(7-14)15(10)12(16)9(3)13/h8-11H,4-7,13H2,1-3H3/t9-,10?,11?/m0/s1. The van der Waals surface area contributed by atoms with Crippen molar-refractivity contribution in [2.45, 2.75) is 57.8 Å². The molecule has 2 fully saturated rings. The lowest BCUT2D eigenvalue weighted by atomic mass is 10.1. The Hall–Kier alpha value is -0.610. The van der Waals surface area contributed by atoms with Gasteiger partial charge in [0.2, 0.25) is 5.91 Å². The van der Waals surface area contributed by atoms with Gasteiger partial charge < -0.3 is 10.6 Å². The molecule has 0 saturated carbocycles. The zero-order chi connectivity index (χ0) is 11.9. The van der Waals surface area contributed by atoms with Gasteiger partial charge in [-0.2, -0.15) is 0 Å². The summed E-state index contributed by atoms with van der Waals surface area (Å²) >= 11 is 0. The molecule has 0 aromatic heterocycles. The van der Waals surface area contributed by atoms with Gasteiger partial charge in [-0.1, -0.05) is 0 Å². The third kappa shape index (κ3) is 1.96. The van der Waals surface area contributed by atoms with Crippen molar-refractivity contribution in [1.29, 1.82) is 0 Å². The first-order valence-corrected chi connectivity index (χ1v) is 6.32. The van der Waals surface area contributed by atoms with E-state index in [-0.39, 0.29) is 11.9 Å². The number of rotatable bonds is 2. The summed E-state index contributed by atoms with van der Waals surface area (Å²) in [5.74, 6) is 0.135. The molecule has 92 valence electrons. The predicted molar refractivity (Wildman–Crippen MR) is 64.0 cm³/mol. The van der Waals surface area contributed by atoms with E-state index in [1.165, 1.54) is 0 Å². The third-order valence-corrected chi connectivity index (χ3v) is 3.88. The van der Waals surface area contributed by atoms with Crippen molar-refractivity contribution in [3.63, 3.8) is 0 Å². The molecule has 2 aliphatic rings. The average molecular weight is 225 g/mol. The number of hydrogen-bond acceptors (Lipinski definition) is 3. The van der Waals surface area contributed by atoms with E-state index in [0.717, 1.165) is 25.9 Å². The van der Waals surface area contributed by atoms with Crippen molar-refractivity contribution in [3.8, 4) is 0 Å². The molecule has 2 aliphatic heterocycles. The van der Waals surface area contributed by atoms with E-state index in [1.807, 2.05) is 0 Å². The van der Waals surface area contributed by atoms with Gasteiger partial charge in [-0.25, -0.2) is 0 Å². The van der Waals surface area contributed by atoms with E-state index in [1.54, 1.807) is 6.92 Å². The second-order valence-electron chi connectivity index (χ2n) is 5.47. The van der Waals surface area contributed by atoms with Crippen molar-refractivity contribution in [1.82, 2.24) is 9.80 Å². The highest BCUT2D eigenvalue weighted by molar-refractivity contribution is 5.82. The zero-order valence-corrected chi connectivity index (χ0v) is 10.5. The topological polar surface area (TPSA) is 49.6 Å². The van der Waals surface area contributed by atoms with Crippen molar-refractivity contribution in [2.75, 3.05) is 13.1 Å². The average Bonchev–Trinajstić information content (AvgIpc) is 2.46. The van der Waals surface area contributed by atoms with Crippen LogP contribution in [0, 0.1) is 0 Å². The molecular formula is C12H23N3O. The molecule has 0 radical (unpaired) electrons. The van der Waals surface area contributed by atoms with Crippen LogP contribution in [0.1, 0.15) is 33.6 Å². The fourth-order valence-corrected chi connectivity index (χ4v) is 2.95. The van der Waals surface area contributed by atoms with Crippen LogP contribution in [-0.4, -0.2) is 53.0 Å². The molecule has 2 N–H and O–H groups in total. The molecule has 16 heavy (non-hydrogen) atoms. The maximum atomic E-state index is 12.0.